The number of fused-ring (bicyclic) bond motifs is 1. The van der Waals surface area contributed by atoms with E-state index in [1.165, 1.54) is 6.07 Å². The van der Waals surface area contributed by atoms with Gasteiger partial charge in [0.25, 0.3) is 10.1 Å². The second kappa shape index (κ2) is 4.87. The third-order valence-corrected chi connectivity index (χ3v) is 4.30. The Labute approximate surface area is 122 Å². The molecule has 0 heterocycles. The van der Waals surface area contributed by atoms with Crippen molar-refractivity contribution in [3.8, 4) is 11.1 Å². The monoisotopic (exact) mass is 299 g/mol. The highest BCUT2D eigenvalue weighted by molar-refractivity contribution is 7.86. The Hall–Kier alpha value is -2.37. The van der Waals surface area contributed by atoms with Crippen LogP contribution in [-0.2, 0) is 10.1 Å². The van der Waals surface area contributed by atoms with Crippen molar-refractivity contribution in [1.82, 2.24) is 0 Å². The molecule has 0 saturated carbocycles. The van der Waals surface area contributed by atoms with Crippen LogP contribution in [0.4, 0.5) is 5.69 Å². The maximum absolute atomic E-state index is 11.7. The van der Waals surface area contributed by atoms with Crippen molar-refractivity contribution >= 4 is 26.6 Å². The van der Waals surface area contributed by atoms with Gasteiger partial charge in [0.05, 0.1) is 0 Å². The maximum Gasteiger partial charge on any atom is 0.295 e. The molecule has 21 heavy (non-hydrogen) atoms. The van der Waals surface area contributed by atoms with Crippen molar-refractivity contribution in [2.75, 3.05) is 5.73 Å². The number of hydrogen-bond donors (Lipinski definition) is 2. The fourth-order valence-corrected chi connectivity index (χ4v) is 3.16. The van der Waals surface area contributed by atoms with Crippen LogP contribution in [0.1, 0.15) is 0 Å². The largest absolute Gasteiger partial charge is 0.398 e. The molecule has 0 radical (unpaired) electrons. The molecule has 0 aliphatic heterocycles. The Bertz CT molecular complexity index is 919. The van der Waals surface area contributed by atoms with Crippen LogP contribution in [0.5, 0.6) is 0 Å². The lowest BCUT2D eigenvalue weighted by Gasteiger charge is -2.12. The first-order valence-electron chi connectivity index (χ1n) is 6.32. The predicted molar refractivity (Wildman–Crippen MR) is 83.6 cm³/mol. The highest BCUT2D eigenvalue weighted by Gasteiger charge is 2.18. The summed E-state index contributed by atoms with van der Waals surface area (Å²) in [7, 11) is -4.33. The van der Waals surface area contributed by atoms with Gasteiger partial charge < -0.3 is 5.73 Å². The van der Waals surface area contributed by atoms with Gasteiger partial charge in [0.1, 0.15) is 4.90 Å². The van der Waals surface area contributed by atoms with E-state index in [4.69, 9.17) is 5.73 Å². The lowest BCUT2D eigenvalue weighted by atomic mass is 9.98. The molecule has 0 saturated heterocycles. The van der Waals surface area contributed by atoms with E-state index in [9.17, 15) is 13.0 Å². The fourth-order valence-electron chi connectivity index (χ4n) is 2.43. The normalized spacial score (nSPS) is 11.7. The van der Waals surface area contributed by atoms with Gasteiger partial charge in [-0.1, -0.05) is 54.6 Å². The van der Waals surface area contributed by atoms with Gasteiger partial charge in [0.15, 0.2) is 0 Å². The van der Waals surface area contributed by atoms with E-state index in [1.54, 1.807) is 24.3 Å². The maximum atomic E-state index is 11.7. The Kier molecular flexibility index (Phi) is 3.16. The van der Waals surface area contributed by atoms with Crippen LogP contribution < -0.4 is 5.73 Å². The lowest BCUT2D eigenvalue weighted by molar-refractivity contribution is 0.484. The summed E-state index contributed by atoms with van der Waals surface area (Å²) in [5.74, 6) is 0. The van der Waals surface area contributed by atoms with E-state index in [0.29, 0.717) is 22.0 Å². The van der Waals surface area contributed by atoms with Gasteiger partial charge in [-0.05, 0) is 11.6 Å². The van der Waals surface area contributed by atoms with Crippen molar-refractivity contribution in [2.45, 2.75) is 4.90 Å². The number of anilines is 1. The van der Waals surface area contributed by atoms with Crippen LogP contribution in [-0.4, -0.2) is 13.0 Å². The molecule has 3 rings (SSSR count). The summed E-state index contributed by atoms with van der Waals surface area (Å²) < 4.78 is 32.8. The Morgan fingerprint density at radius 1 is 0.857 bits per heavy atom. The Morgan fingerprint density at radius 3 is 2.05 bits per heavy atom. The van der Waals surface area contributed by atoms with Gasteiger partial charge in [-0.25, -0.2) is 0 Å². The van der Waals surface area contributed by atoms with Crippen molar-refractivity contribution in [3.05, 3.63) is 60.7 Å². The van der Waals surface area contributed by atoms with Gasteiger partial charge in [-0.2, -0.15) is 8.42 Å². The molecule has 0 spiro atoms. The van der Waals surface area contributed by atoms with Crippen molar-refractivity contribution in [1.29, 1.82) is 0 Å². The molecule has 0 atom stereocenters. The first-order valence-corrected chi connectivity index (χ1v) is 7.76. The molecule has 3 N–H and O–H groups in total. The smallest absolute Gasteiger partial charge is 0.295 e. The molecule has 5 heteroatoms. The van der Waals surface area contributed by atoms with E-state index in [1.807, 2.05) is 30.3 Å². The molecule has 0 fully saturated rings. The van der Waals surface area contributed by atoms with Gasteiger partial charge in [0.2, 0.25) is 0 Å². The first kappa shape index (κ1) is 13.6. The van der Waals surface area contributed by atoms with Gasteiger partial charge in [0, 0.05) is 22.0 Å². The molecule has 0 aromatic heterocycles. The summed E-state index contributed by atoms with van der Waals surface area (Å²) in [5, 5.41) is 1.02. The molecule has 0 aliphatic carbocycles. The molecule has 3 aromatic carbocycles. The number of nitrogen functional groups attached to an aromatic ring is 1. The fraction of sp³-hybridized carbons (Fsp3) is 0. The van der Waals surface area contributed by atoms with Crippen molar-refractivity contribution < 1.29 is 13.0 Å². The second-order valence-electron chi connectivity index (χ2n) is 4.72. The highest BCUT2D eigenvalue weighted by Crippen LogP contribution is 2.36. The molecular formula is C16H13NO3S. The SMILES string of the molecule is Nc1c(-c2ccccc2)cc(S(=O)(=O)O)c2ccccc12. The van der Waals surface area contributed by atoms with E-state index in [-0.39, 0.29) is 4.90 Å². The number of hydrogen-bond acceptors (Lipinski definition) is 3. The van der Waals surface area contributed by atoms with Crippen molar-refractivity contribution in [3.63, 3.8) is 0 Å². The van der Waals surface area contributed by atoms with Crippen LogP contribution in [0.2, 0.25) is 0 Å². The molecule has 4 nitrogen and oxygen atoms in total. The minimum absolute atomic E-state index is 0.133. The predicted octanol–water partition coefficient (Wildman–Crippen LogP) is 3.34. The third kappa shape index (κ3) is 2.37. The number of nitrogens with two attached hydrogens (primary N) is 1. The highest BCUT2D eigenvalue weighted by atomic mass is 32.2. The standard InChI is InChI=1S/C16H13NO3S/c17-16-13-9-5-4-8-12(13)15(21(18,19)20)10-14(16)11-6-2-1-3-7-11/h1-10H,17H2,(H,18,19,20). The average Bonchev–Trinajstić information content (AvgIpc) is 2.47. The summed E-state index contributed by atoms with van der Waals surface area (Å²) >= 11 is 0. The Morgan fingerprint density at radius 2 is 1.43 bits per heavy atom. The summed E-state index contributed by atoms with van der Waals surface area (Å²) in [6.45, 7) is 0. The van der Waals surface area contributed by atoms with Gasteiger partial charge >= 0.3 is 0 Å². The van der Waals surface area contributed by atoms with Crippen LogP contribution in [0.3, 0.4) is 0 Å². The van der Waals surface area contributed by atoms with E-state index in [2.05, 4.69) is 0 Å². The summed E-state index contributed by atoms with van der Waals surface area (Å²) in [5.41, 5.74) is 8.06. The van der Waals surface area contributed by atoms with Gasteiger partial charge in [-0.3, -0.25) is 4.55 Å². The summed E-state index contributed by atoms with van der Waals surface area (Å²) in [6.07, 6.45) is 0. The zero-order valence-corrected chi connectivity index (χ0v) is 11.8. The molecule has 0 aliphatic rings. The quantitative estimate of drug-likeness (QED) is 0.562. The molecule has 3 aromatic rings. The minimum Gasteiger partial charge on any atom is -0.398 e. The molecule has 106 valence electrons. The summed E-state index contributed by atoms with van der Waals surface area (Å²) in [4.78, 5) is -0.133. The van der Waals surface area contributed by atoms with E-state index >= 15 is 0 Å². The van der Waals surface area contributed by atoms with E-state index in [0.717, 1.165) is 5.56 Å². The first-order chi connectivity index (χ1) is 9.98. The molecule has 0 bridgehead atoms. The van der Waals surface area contributed by atoms with Crippen LogP contribution in [0.25, 0.3) is 21.9 Å². The average molecular weight is 299 g/mol. The summed E-state index contributed by atoms with van der Waals surface area (Å²) in [6, 6.07) is 17.5. The molecule has 0 unspecified atom stereocenters. The zero-order valence-electron chi connectivity index (χ0n) is 11.0. The lowest BCUT2D eigenvalue weighted by Crippen LogP contribution is -2.02. The third-order valence-electron chi connectivity index (χ3n) is 3.41. The van der Waals surface area contributed by atoms with Crippen molar-refractivity contribution in [2.24, 2.45) is 0 Å². The second-order valence-corrected chi connectivity index (χ2v) is 6.11. The number of benzene rings is 3. The molecule has 0 amide bonds. The molecular weight excluding hydrogens is 286 g/mol. The van der Waals surface area contributed by atoms with Crippen LogP contribution >= 0.6 is 0 Å². The topological polar surface area (TPSA) is 80.4 Å². The number of rotatable bonds is 2. The van der Waals surface area contributed by atoms with Crippen LogP contribution in [0.15, 0.2) is 65.6 Å². The van der Waals surface area contributed by atoms with Gasteiger partial charge in [-0.15, -0.1) is 0 Å². The van der Waals surface area contributed by atoms with Crippen LogP contribution in [0, 0.1) is 0 Å². The zero-order chi connectivity index (χ0) is 15.0. The minimum atomic E-state index is -4.33. The van der Waals surface area contributed by atoms with E-state index < -0.39 is 10.1 Å². The Balaban J connectivity index is 2.46.